The number of ether oxygens (including phenoxy) is 3. The summed E-state index contributed by atoms with van der Waals surface area (Å²) in [4.78, 5) is 37.5. The molecule has 6 heteroatoms. The minimum absolute atomic E-state index is 0.0663. The molecule has 0 bridgehead atoms. The van der Waals surface area contributed by atoms with Crippen molar-refractivity contribution in [2.45, 2.75) is 233 Å². The Morgan fingerprint density at radius 1 is 0.429 bits per heavy atom. The Bertz CT molecular complexity index is 751. The van der Waals surface area contributed by atoms with Gasteiger partial charge in [-0.25, -0.2) is 0 Å². The Morgan fingerprint density at radius 3 is 1.16 bits per heavy atom. The monoisotopic (exact) mass is 695 g/mol. The van der Waals surface area contributed by atoms with Crippen LogP contribution in [0.1, 0.15) is 227 Å². The van der Waals surface area contributed by atoms with E-state index in [1.807, 2.05) is 0 Å². The fraction of sp³-hybridized carbons (Fsp3) is 0.930. The number of rotatable bonds is 37. The molecule has 49 heavy (non-hydrogen) atoms. The standard InChI is InChI=1S/C43H82O6/c1-6-8-9-10-16-23-28-33-41(44)47-36-40(49-43(46)35-30-25-20-15-14-18-22-27-32-39(5)7-2)37-48-42(45)34-29-24-19-13-11-12-17-21-26-31-38(3)4/h38-40H,6-37H2,1-5H3/t39?,40-/m0/s1. The second-order valence-electron chi connectivity index (χ2n) is 15.3. The van der Waals surface area contributed by atoms with Gasteiger partial charge in [0.15, 0.2) is 6.10 Å². The van der Waals surface area contributed by atoms with Crippen LogP contribution >= 0.6 is 0 Å². The summed E-state index contributed by atoms with van der Waals surface area (Å²) < 4.78 is 16.6. The summed E-state index contributed by atoms with van der Waals surface area (Å²) in [7, 11) is 0. The van der Waals surface area contributed by atoms with Crippen molar-refractivity contribution in [3.8, 4) is 0 Å². The van der Waals surface area contributed by atoms with Gasteiger partial charge in [0.25, 0.3) is 0 Å². The van der Waals surface area contributed by atoms with Crippen molar-refractivity contribution < 1.29 is 28.6 Å². The molecule has 0 aromatic rings. The molecule has 0 fully saturated rings. The molecule has 0 spiro atoms. The van der Waals surface area contributed by atoms with Gasteiger partial charge in [-0.1, -0.05) is 189 Å². The minimum atomic E-state index is -0.759. The van der Waals surface area contributed by atoms with Gasteiger partial charge in [-0.15, -0.1) is 0 Å². The lowest BCUT2D eigenvalue weighted by atomic mass is 9.99. The normalized spacial score (nSPS) is 12.6. The van der Waals surface area contributed by atoms with Crippen molar-refractivity contribution in [1.29, 1.82) is 0 Å². The molecule has 0 saturated heterocycles. The summed E-state index contributed by atoms with van der Waals surface area (Å²) in [6, 6.07) is 0. The van der Waals surface area contributed by atoms with Crippen LogP contribution in [0, 0.1) is 11.8 Å². The van der Waals surface area contributed by atoms with Crippen LogP contribution < -0.4 is 0 Å². The molecular weight excluding hydrogens is 612 g/mol. The Hall–Kier alpha value is -1.59. The molecule has 0 saturated carbocycles. The van der Waals surface area contributed by atoms with Crippen LogP contribution in [0.5, 0.6) is 0 Å². The lowest BCUT2D eigenvalue weighted by Gasteiger charge is -2.18. The first kappa shape index (κ1) is 47.4. The summed E-state index contributed by atoms with van der Waals surface area (Å²) in [5, 5.41) is 0. The predicted molar refractivity (Wildman–Crippen MR) is 206 cm³/mol. The van der Waals surface area contributed by atoms with Crippen LogP contribution in [0.15, 0.2) is 0 Å². The number of unbranched alkanes of at least 4 members (excludes halogenated alkanes) is 21. The third-order valence-corrected chi connectivity index (χ3v) is 9.83. The number of hydrogen-bond acceptors (Lipinski definition) is 6. The zero-order valence-electron chi connectivity index (χ0n) is 33.3. The third kappa shape index (κ3) is 36.0. The highest BCUT2D eigenvalue weighted by Gasteiger charge is 2.19. The highest BCUT2D eigenvalue weighted by molar-refractivity contribution is 5.71. The molecule has 1 unspecified atom stereocenters. The fourth-order valence-corrected chi connectivity index (χ4v) is 6.19. The average molecular weight is 695 g/mol. The van der Waals surface area contributed by atoms with E-state index in [1.165, 1.54) is 116 Å². The average Bonchev–Trinajstić information content (AvgIpc) is 3.08. The summed E-state index contributed by atoms with van der Waals surface area (Å²) in [5.74, 6) is 0.783. The van der Waals surface area contributed by atoms with Crippen molar-refractivity contribution in [3.63, 3.8) is 0 Å². The van der Waals surface area contributed by atoms with Crippen molar-refractivity contribution in [1.82, 2.24) is 0 Å². The number of esters is 3. The van der Waals surface area contributed by atoms with E-state index in [2.05, 4.69) is 34.6 Å². The highest BCUT2D eigenvalue weighted by Crippen LogP contribution is 2.16. The van der Waals surface area contributed by atoms with Crippen molar-refractivity contribution in [2.24, 2.45) is 11.8 Å². The van der Waals surface area contributed by atoms with Crippen molar-refractivity contribution in [3.05, 3.63) is 0 Å². The van der Waals surface area contributed by atoms with Gasteiger partial charge in [0.05, 0.1) is 0 Å². The van der Waals surface area contributed by atoms with E-state index >= 15 is 0 Å². The molecule has 0 aliphatic carbocycles. The van der Waals surface area contributed by atoms with Crippen LogP contribution in [0.2, 0.25) is 0 Å². The molecule has 0 radical (unpaired) electrons. The van der Waals surface area contributed by atoms with E-state index in [9.17, 15) is 14.4 Å². The van der Waals surface area contributed by atoms with Crippen LogP contribution in [-0.4, -0.2) is 37.2 Å². The highest BCUT2D eigenvalue weighted by atomic mass is 16.6. The lowest BCUT2D eigenvalue weighted by Crippen LogP contribution is -2.30. The first-order chi connectivity index (χ1) is 23.8. The molecule has 0 aromatic heterocycles. The molecule has 0 N–H and O–H groups in total. The third-order valence-electron chi connectivity index (χ3n) is 9.83. The van der Waals surface area contributed by atoms with E-state index in [4.69, 9.17) is 14.2 Å². The van der Waals surface area contributed by atoms with Crippen LogP contribution in [0.4, 0.5) is 0 Å². The molecular formula is C43H82O6. The van der Waals surface area contributed by atoms with Crippen LogP contribution in [0.25, 0.3) is 0 Å². The quantitative estimate of drug-likeness (QED) is 0.0366. The molecule has 2 atom stereocenters. The largest absolute Gasteiger partial charge is 0.462 e. The van der Waals surface area contributed by atoms with E-state index in [0.29, 0.717) is 19.3 Å². The molecule has 0 aromatic carbocycles. The number of carbonyl (C=O) groups excluding carboxylic acids is 3. The van der Waals surface area contributed by atoms with E-state index < -0.39 is 6.10 Å². The molecule has 0 aliphatic rings. The van der Waals surface area contributed by atoms with Gasteiger partial charge in [-0.2, -0.15) is 0 Å². The van der Waals surface area contributed by atoms with Crippen molar-refractivity contribution >= 4 is 17.9 Å². The van der Waals surface area contributed by atoms with Crippen molar-refractivity contribution in [2.75, 3.05) is 13.2 Å². The smallest absolute Gasteiger partial charge is 0.306 e. The van der Waals surface area contributed by atoms with Gasteiger partial charge in [0.1, 0.15) is 13.2 Å². The van der Waals surface area contributed by atoms with Gasteiger partial charge in [-0.3, -0.25) is 14.4 Å². The molecule has 0 rings (SSSR count). The summed E-state index contributed by atoms with van der Waals surface area (Å²) in [6.07, 6.45) is 32.4. The van der Waals surface area contributed by atoms with Gasteiger partial charge in [0, 0.05) is 19.3 Å². The Kier molecular flexibility index (Phi) is 35.0. The predicted octanol–water partition coefficient (Wildman–Crippen LogP) is 13.0. The minimum Gasteiger partial charge on any atom is -0.462 e. The van der Waals surface area contributed by atoms with E-state index in [-0.39, 0.29) is 31.1 Å². The van der Waals surface area contributed by atoms with Crippen LogP contribution in [0.3, 0.4) is 0 Å². The Balaban J connectivity index is 4.32. The van der Waals surface area contributed by atoms with Gasteiger partial charge < -0.3 is 14.2 Å². The first-order valence-corrected chi connectivity index (χ1v) is 21.3. The van der Waals surface area contributed by atoms with E-state index in [0.717, 1.165) is 69.6 Å². The lowest BCUT2D eigenvalue weighted by molar-refractivity contribution is -0.167. The molecule has 0 heterocycles. The second-order valence-corrected chi connectivity index (χ2v) is 15.3. The summed E-state index contributed by atoms with van der Waals surface area (Å²) in [5.41, 5.74) is 0. The maximum atomic E-state index is 12.6. The molecule has 6 nitrogen and oxygen atoms in total. The topological polar surface area (TPSA) is 78.9 Å². The van der Waals surface area contributed by atoms with Crippen LogP contribution in [-0.2, 0) is 28.6 Å². The Morgan fingerprint density at radius 2 is 0.776 bits per heavy atom. The zero-order chi connectivity index (χ0) is 36.2. The van der Waals surface area contributed by atoms with Gasteiger partial charge >= 0.3 is 17.9 Å². The SMILES string of the molecule is CCCCCCCCCC(=O)OC[C@@H](COC(=O)CCCCCCCCCCCC(C)C)OC(=O)CCCCCCCCCCC(C)CC. The Labute approximate surface area is 304 Å². The fourth-order valence-electron chi connectivity index (χ4n) is 6.19. The zero-order valence-corrected chi connectivity index (χ0v) is 33.3. The number of carbonyl (C=O) groups is 3. The molecule has 290 valence electrons. The summed E-state index contributed by atoms with van der Waals surface area (Å²) >= 11 is 0. The number of hydrogen-bond donors (Lipinski definition) is 0. The van der Waals surface area contributed by atoms with E-state index in [1.54, 1.807) is 0 Å². The molecule has 0 amide bonds. The van der Waals surface area contributed by atoms with Gasteiger partial charge in [-0.05, 0) is 31.1 Å². The summed E-state index contributed by atoms with van der Waals surface area (Å²) in [6.45, 7) is 11.3. The van der Waals surface area contributed by atoms with Gasteiger partial charge in [0.2, 0.25) is 0 Å². The maximum Gasteiger partial charge on any atom is 0.306 e. The first-order valence-electron chi connectivity index (χ1n) is 21.3. The molecule has 0 aliphatic heterocycles. The second kappa shape index (κ2) is 36.2. The maximum absolute atomic E-state index is 12.6.